The Hall–Kier alpha value is -0.270. The average molecular weight is 405 g/mol. The van der Waals surface area contributed by atoms with Crippen molar-refractivity contribution in [3.63, 3.8) is 0 Å². The van der Waals surface area contributed by atoms with Gasteiger partial charge < -0.3 is 5.73 Å². The molecular weight excluding hydrogens is 390 g/mol. The lowest BCUT2D eigenvalue weighted by molar-refractivity contribution is 0.239. The van der Waals surface area contributed by atoms with Crippen LogP contribution in [0.4, 0.5) is 0 Å². The van der Waals surface area contributed by atoms with Crippen molar-refractivity contribution in [1.82, 2.24) is 9.88 Å². The van der Waals surface area contributed by atoms with Crippen LogP contribution in [0.25, 0.3) is 0 Å². The van der Waals surface area contributed by atoms with Crippen molar-refractivity contribution in [3.8, 4) is 0 Å². The quantitative estimate of drug-likeness (QED) is 0.823. The lowest BCUT2D eigenvalue weighted by Crippen LogP contribution is -2.30. The van der Waals surface area contributed by atoms with Gasteiger partial charge in [0, 0.05) is 33.5 Å². The minimum Gasteiger partial charge on any atom is -0.329 e. The number of rotatable bonds is 5. The molecule has 0 bridgehead atoms. The van der Waals surface area contributed by atoms with Crippen LogP contribution in [0, 0.1) is 0 Å². The molecule has 0 saturated carbocycles. The molecule has 0 radical (unpaired) electrons. The molecule has 1 aromatic heterocycles. The maximum absolute atomic E-state index is 5.94. The third-order valence-electron chi connectivity index (χ3n) is 2.98. The van der Waals surface area contributed by atoms with Gasteiger partial charge in [-0.2, -0.15) is 0 Å². The molecule has 2 rings (SSSR count). The number of aromatic nitrogens is 1. The van der Waals surface area contributed by atoms with E-state index in [0.717, 1.165) is 21.2 Å². The van der Waals surface area contributed by atoms with Crippen molar-refractivity contribution >= 4 is 43.2 Å². The first kappa shape index (κ1) is 15.1. The van der Waals surface area contributed by atoms with Crippen LogP contribution in [0.5, 0.6) is 0 Å². The van der Waals surface area contributed by atoms with Crippen molar-refractivity contribution in [2.24, 2.45) is 5.73 Å². The summed E-state index contributed by atoms with van der Waals surface area (Å²) in [6, 6.07) is 6.44. The van der Waals surface area contributed by atoms with Gasteiger partial charge in [-0.25, -0.2) is 4.98 Å². The number of hydrogen-bond acceptors (Lipinski definition) is 4. The zero-order chi connectivity index (χ0) is 13.8. The molecule has 1 atom stereocenters. The SMILES string of the molecule is CN(Cc1cscn1)C(CN)c1ccc(Br)c(Br)c1. The fourth-order valence-corrected chi connectivity index (χ4v) is 3.16. The van der Waals surface area contributed by atoms with Crippen LogP contribution in [0.3, 0.4) is 0 Å². The zero-order valence-corrected chi connectivity index (χ0v) is 14.5. The molecule has 0 spiro atoms. The molecule has 0 aliphatic heterocycles. The van der Waals surface area contributed by atoms with E-state index in [-0.39, 0.29) is 6.04 Å². The van der Waals surface area contributed by atoms with Crippen molar-refractivity contribution in [3.05, 3.63) is 49.3 Å². The van der Waals surface area contributed by atoms with Gasteiger partial charge in [0.05, 0.1) is 11.2 Å². The van der Waals surface area contributed by atoms with Crippen LogP contribution in [0.15, 0.2) is 38.0 Å². The number of halogens is 2. The standard InChI is InChI=1S/C13H15Br2N3S/c1-18(6-10-7-19-8-17-10)13(5-16)9-2-3-11(14)12(15)4-9/h2-4,7-8,13H,5-6,16H2,1H3. The highest BCUT2D eigenvalue weighted by Gasteiger charge is 2.17. The van der Waals surface area contributed by atoms with Crippen LogP contribution in [0.2, 0.25) is 0 Å². The monoisotopic (exact) mass is 403 g/mol. The third-order valence-corrected chi connectivity index (χ3v) is 5.49. The van der Waals surface area contributed by atoms with Crippen LogP contribution in [-0.4, -0.2) is 23.5 Å². The highest BCUT2D eigenvalue weighted by Crippen LogP contribution is 2.28. The Balaban J connectivity index is 2.16. The second kappa shape index (κ2) is 6.95. The Bertz CT molecular complexity index is 531. The minimum atomic E-state index is 0.186. The lowest BCUT2D eigenvalue weighted by atomic mass is 10.1. The van der Waals surface area contributed by atoms with Gasteiger partial charge in [0.25, 0.3) is 0 Å². The van der Waals surface area contributed by atoms with E-state index in [0.29, 0.717) is 6.54 Å². The Morgan fingerprint density at radius 3 is 2.74 bits per heavy atom. The Morgan fingerprint density at radius 1 is 1.37 bits per heavy atom. The number of benzene rings is 1. The van der Waals surface area contributed by atoms with Gasteiger partial charge in [0.1, 0.15) is 0 Å². The van der Waals surface area contributed by atoms with Crippen LogP contribution >= 0.6 is 43.2 Å². The van der Waals surface area contributed by atoms with Crippen molar-refractivity contribution in [2.75, 3.05) is 13.6 Å². The number of likely N-dealkylation sites (N-methyl/N-ethyl adjacent to an activating group) is 1. The summed E-state index contributed by atoms with van der Waals surface area (Å²) in [6.07, 6.45) is 0. The molecule has 2 N–H and O–H groups in total. The topological polar surface area (TPSA) is 42.2 Å². The summed E-state index contributed by atoms with van der Waals surface area (Å²) in [7, 11) is 2.08. The van der Waals surface area contributed by atoms with Crippen LogP contribution in [0.1, 0.15) is 17.3 Å². The molecule has 2 aromatic rings. The van der Waals surface area contributed by atoms with E-state index in [1.807, 2.05) is 11.6 Å². The first-order chi connectivity index (χ1) is 9.11. The van der Waals surface area contributed by atoms with Gasteiger partial charge >= 0.3 is 0 Å². The summed E-state index contributed by atoms with van der Waals surface area (Å²) in [5.41, 5.74) is 10.1. The fourth-order valence-electron chi connectivity index (χ4n) is 1.97. The maximum Gasteiger partial charge on any atom is 0.0795 e. The molecule has 6 heteroatoms. The van der Waals surface area contributed by atoms with E-state index in [2.05, 4.69) is 66.3 Å². The molecule has 1 unspecified atom stereocenters. The molecule has 0 aliphatic rings. The van der Waals surface area contributed by atoms with Crippen LogP contribution in [-0.2, 0) is 6.54 Å². The van der Waals surface area contributed by atoms with E-state index in [1.165, 1.54) is 5.56 Å². The molecule has 0 fully saturated rings. The average Bonchev–Trinajstić information content (AvgIpc) is 2.87. The summed E-state index contributed by atoms with van der Waals surface area (Å²) >= 11 is 8.64. The predicted octanol–water partition coefficient (Wildman–Crippen LogP) is 3.80. The molecular formula is C13H15Br2N3S. The predicted molar refractivity (Wildman–Crippen MR) is 87.2 cm³/mol. The normalized spacial score (nSPS) is 12.9. The molecule has 0 aliphatic carbocycles. The van der Waals surface area contributed by atoms with Crippen molar-refractivity contribution in [2.45, 2.75) is 12.6 Å². The molecule has 0 saturated heterocycles. The van der Waals surface area contributed by atoms with E-state index in [1.54, 1.807) is 11.3 Å². The third kappa shape index (κ3) is 3.86. The summed E-state index contributed by atoms with van der Waals surface area (Å²) in [5.74, 6) is 0. The van der Waals surface area contributed by atoms with E-state index in [4.69, 9.17) is 5.73 Å². The van der Waals surface area contributed by atoms with Crippen LogP contribution < -0.4 is 5.73 Å². The summed E-state index contributed by atoms with van der Waals surface area (Å²) in [4.78, 5) is 6.54. The highest BCUT2D eigenvalue weighted by molar-refractivity contribution is 9.13. The first-order valence-corrected chi connectivity index (χ1v) is 8.37. The number of thiazole rings is 1. The smallest absolute Gasteiger partial charge is 0.0795 e. The molecule has 3 nitrogen and oxygen atoms in total. The molecule has 1 heterocycles. The van der Waals surface area contributed by atoms with Gasteiger partial charge in [0.15, 0.2) is 0 Å². The number of nitrogens with zero attached hydrogens (tertiary/aromatic N) is 2. The Labute approximate surface area is 134 Å². The van der Waals surface area contributed by atoms with E-state index < -0.39 is 0 Å². The maximum atomic E-state index is 5.94. The second-order valence-corrected chi connectivity index (χ2v) is 6.75. The Morgan fingerprint density at radius 2 is 2.16 bits per heavy atom. The Kier molecular flexibility index (Phi) is 5.53. The number of hydrogen-bond donors (Lipinski definition) is 1. The molecule has 1 aromatic carbocycles. The second-order valence-electron chi connectivity index (χ2n) is 4.32. The lowest BCUT2D eigenvalue weighted by Gasteiger charge is -2.27. The van der Waals surface area contributed by atoms with Gasteiger partial charge in [-0.1, -0.05) is 6.07 Å². The summed E-state index contributed by atoms with van der Waals surface area (Å²) in [6.45, 7) is 1.38. The zero-order valence-electron chi connectivity index (χ0n) is 10.5. The van der Waals surface area contributed by atoms with Gasteiger partial charge in [-0.05, 0) is 56.6 Å². The largest absolute Gasteiger partial charge is 0.329 e. The molecule has 0 amide bonds. The van der Waals surface area contributed by atoms with E-state index in [9.17, 15) is 0 Å². The van der Waals surface area contributed by atoms with Gasteiger partial charge in [-0.3, -0.25) is 4.90 Å². The minimum absolute atomic E-state index is 0.186. The van der Waals surface area contributed by atoms with Gasteiger partial charge in [-0.15, -0.1) is 11.3 Å². The summed E-state index contributed by atoms with van der Waals surface area (Å²) < 4.78 is 2.10. The van der Waals surface area contributed by atoms with Crippen molar-refractivity contribution < 1.29 is 0 Å². The summed E-state index contributed by atoms with van der Waals surface area (Å²) in [5, 5.41) is 2.07. The highest BCUT2D eigenvalue weighted by atomic mass is 79.9. The molecule has 19 heavy (non-hydrogen) atoms. The van der Waals surface area contributed by atoms with Gasteiger partial charge in [0.2, 0.25) is 0 Å². The molecule has 102 valence electrons. The van der Waals surface area contributed by atoms with Crippen molar-refractivity contribution in [1.29, 1.82) is 0 Å². The van der Waals surface area contributed by atoms with E-state index >= 15 is 0 Å². The number of nitrogens with two attached hydrogens (primary N) is 1. The first-order valence-electron chi connectivity index (χ1n) is 5.84. The fraction of sp³-hybridized carbons (Fsp3) is 0.308.